The van der Waals surface area contributed by atoms with Gasteiger partial charge >= 0.3 is 0 Å². The Morgan fingerprint density at radius 1 is 1.24 bits per heavy atom. The van der Waals surface area contributed by atoms with Gasteiger partial charge < -0.3 is 5.32 Å². The van der Waals surface area contributed by atoms with E-state index < -0.39 is 10.6 Å². The highest BCUT2D eigenvalue weighted by Gasteiger charge is 2.22. The highest BCUT2D eigenvalue weighted by atomic mass is 32.3. The average molecular weight is 307 g/mol. The van der Waals surface area contributed by atoms with Gasteiger partial charge in [0.1, 0.15) is 0 Å². The summed E-state index contributed by atoms with van der Waals surface area (Å²) in [5.74, 6) is 0.513. The summed E-state index contributed by atoms with van der Waals surface area (Å²) in [7, 11) is -2.82. The largest absolute Gasteiger partial charge is 0.326 e. The van der Waals surface area contributed by atoms with Crippen molar-refractivity contribution in [2.75, 3.05) is 5.32 Å². The molecule has 1 aliphatic heterocycles. The van der Waals surface area contributed by atoms with Gasteiger partial charge in [-0.25, -0.2) is 0 Å². The molecule has 0 bridgehead atoms. The smallest absolute Gasteiger partial charge is 0.224 e. The second-order valence-electron chi connectivity index (χ2n) is 5.90. The molecule has 114 valence electrons. The molecule has 0 spiro atoms. The van der Waals surface area contributed by atoms with Crippen molar-refractivity contribution in [1.82, 2.24) is 0 Å². The van der Waals surface area contributed by atoms with Gasteiger partial charge in [-0.05, 0) is 42.5 Å². The highest BCUT2D eigenvalue weighted by molar-refractivity contribution is 8.27. The quantitative estimate of drug-likeness (QED) is 0.758. The van der Waals surface area contributed by atoms with Crippen LogP contribution in [0.4, 0.5) is 5.69 Å². The van der Waals surface area contributed by atoms with E-state index in [0.29, 0.717) is 22.9 Å². The van der Waals surface area contributed by atoms with E-state index in [1.54, 1.807) is 12.1 Å². The molecule has 1 aliphatic carbocycles. The van der Waals surface area contributed by atoms with Crippen LogP contribution < -0.4 is 5.32 Å². The Labute approximate surface area is 126 Å². The Morgan fingerprint density at radius 2 is 2.00 bits per heavy atom. The summed E-state index contributed by atoms with van der Waals surface area (Å²) in [5, 5.41) is 4.30. The van der Waals surface area contributed by atoms with Crippen LogP contribution >= 0.6 is 10.6 Å². The molecule has 0 unspecified atom stereocenters. The third-order valence-corrected chi connectivity index (χ3v) is 5.77. The molecule has 0 radical (unpaired) electrons. The van der Waals surface area contributed by atoms with Crippen LogP contribution in [0.2, 0.25) is 0 Å². The number of carbonyl (C=O) groups is 1. The van der Waals surface area contributed by atoms with E-state index in [2.05, 4.69) is 5.32 Å². The third-order valence-electron chi connectivity index (χ3n) is 4.26. The number of hydrogen-bond acceptors (Lipinski definition) is 3. The summed E-state index contributed by atoms with van der Waals surface area (Å²) in [6.45, 7) is 0. The van der Waals surface area contributed by atoms with Gasteiger partial charge in [0, 0.05) is 17.5 Å². The molecule has 1 aromatic rings. The van der Waals surface area contributed by atoms with E-state index in [4.69, 9.17) is 0 Å². The van der Waals surface area contributed by atoms with Crippen molar-refractivity contribution in [3.8, 4) is 0 Å². The SMILES string of the molecule is O=C(CC1CCCCC1)Nc1ccc2c(c1)S(O)(O)C=C2. The van der Waals surface area contributed by atoms with Crippen molar-refractivity contribution in [2.24, 2.45) is 5.92 Å². The first kappa shape index (κ1) is 14.6. The molecule has 5 heteroatoms. The Kier molecular flexibility index (Phi) is 4.06. The predicted octanol–water partition coefficient (Wildman–Crippen LogP) is 4.69. The van der Waals surface area contributed by atoms with Crippen LogP contribution in [0.1, 0.15) is 44.1 Å². The Morgan fingerprint density at radius 3 is 2.76 bits per heavy atom. The number of fused-ring (bicyclic) bond motifs is 1. The van der Waals surface area contributed by atoms with E-state index >= 15 is 0 Å². The second kappa shape index (κ2) is 5.83. The molecule has 2 aliphatic rings. The summed E-state index contributed by atoms with van der Waals surface area (Å²) >= 11 is 0. The molecule has 0 atom stereocenters. The maximum atomic E-state index is 12.1. The van der Waals surface area contributed by atoms with Gasteiger partial charge in [-0.3, -0.25) is 13.9 Å². The lowest BCUT2D eigenvalue weighted by atomic mass is 9.87. The lowest BCUT2D eigenvalue weighted by Crippen LogP contribution is -2.18. The fourth-order valence-corrected chi connectivity index (χ4v) is 4.38. The van der Waals surface area contributed by atoms with Crippen LogP contribution in [-0.2, 0) is 4.79 Å². The fraction of sp³-hybridized carbons (Fsp3) is 0.438. The monoisotopic (exact) mass is 307 g/mol. The number of rotatable bonds is 3. The summed E-state index contributed by atoms with van der Waals surface area (Å²) in [6, 6.07) is 5.29. The van der Waals surface area contributed by atoms with E-state index in [1.807, 2.05) is 12.1 Å². The van der Waals surface area contributed by atoms with Crippen LogP contribution in [-0.4, -0.2) is 15.0 Å². The van der Waals surface area contributed by atoms with E-state index in [9.17, 15) is 13.9 Å². The van der Waals surface area contributed by atoms with Crippen LogP contribution in [0.5, 0.6) is 0 Å². The minimum atomic E-state index is -2.82. The van der Waals surface area contributed by atoms with Crippen molar-refractivity contribution < 1.29 is 13.9 Å². The van der Waals surface area contributed by atoms with E-state index in [-0.39, 0.29) is 5.91 Å². The fourth-order valence-electron chi connectivity index (χ4n) is 3.12. The van der Waals surface area contributed by atoms with Crippen LogP contribution in [0.3, 0.4) is 0 Å². The number of hydrogen-bond donors (Lipinski definition) is 3. The molecule has 0 aromatic heterocycles. The van der Waals surface area contributed by atoms with Crippen molar-refractivity contribution in [2.45, 2.75) is 43.4 Å². The summed E-state index contributed by atoms with van der Waals surface area (Å²) < 4.78 is 19.8. The lowest BCUT2D eigenvalue weighted by Gasteiger charge is -2.26. The maximum Gasteiger partial charge on any atom is 0.224 e. The van der Waals surface area contributed by atoms with Crippen molar-refractivity contribution >= 4 is 28.3 Å². The average Bonchev–Trinajstić information content (AvgIpc) is 2.75. The minimum absolute atomic E-state index is 0.0179. The van der Waals surface area contributed by atoms with Crippen LogP contribution in [0.15, 0.2) is 28.5 Å². The first-order chi connectivity index (χ1) is 10.0. The van der Waals surface area contributed by atoms with Gasteiger partial charge in [0.25, 0.3) is 0 Å². The zero-order chi connectivity index (χ0) is 14.9. The minimum Gasteiger partial charge on any atom is -0.326 e. The summed E-state index contributed by atoms with van der Waals surface area (Å²) in [5.41, 5.74) is 1.44. The molecule has 1 heterocycles. The molecular weight excluding hydrogens is 286 g/mol. The molecule has 3 rings (SSSR count). The normalized spacial score (nSPS) is 21.8. The van der Waals surface area contributed by atoms with Gasteiger partial charge in [0.2, 0.25) is 5.91 Å². The molecule has 1 aromatic carbocycles. The van der Waals surface area contributed by atoms with Crippen molar-refractivity contribution in [3.63, 3.8) is 0 Å². The Bertz CT molecular complexity index is 577. The zero-order valence-corrected chi connectivity index (χ0v) is 12.7. The van der Waals surface area contributed by atoms with Gasteiger partial charge in [0.15, 0.2) is 0 Å². The molecule has 1 fully saturated rings. The Hall–Kier alpha value is -1.30. The van der Waals surface area contributed by atoms with Crippen molar-refractivity contribution in [3.05, 3.63) is 29.2 Å². The first-order valence-corrected chi connectivity index (χ1v) is 9.06. The topological polar surface area (TPSA) is 69.6 Å². The summed E-state index contributed by atoms with van der Waals surface area (Å²) in [6.07, 6.45) is 8.29. The molecule has 1 amide bonds. The van der Waals surface area contributed by atoms with Gasteiger partial charge in [0.05, 0.1) is 4.90 Å². The number of anilines is 1. The predicted molar refractivity (Wildman–Crippen MR) is 86.4 cm³/mol. The Balaban J connectivity index is 1.64. The standard InChI is InChI=1S/C16H21NO3S/c18-16(10-12-4-2-1-3-5-12)17-14-7-6-13-8-9-21(19,20)15(13)11-14/h6-9,11-12,19-20H,1-5,10H2,(H,17,18). The van der Waals surface area contributed by atoms with Crippen LogP contribution in [0, 0.1) is 5.92 Å². The summed E-state index contributed by atoms with van der Waals surface area (Å²) in [4.78, 5) is 12.6. The van der Waals surface area contributed by atoms with Crippen LogP contribution in [0.25, 0.3) is 6.08 Å². The van der Waals surface area contributed by atoms with E-state index in [1.165, 1.54) is 24.7 Å². The number of carbonyl (C=O) groups excluding carboxylic acids is 1. The molecular formula is C16H21NO3S. The van der Waals surface area contributed by atoms with E-state index in [0.717, 1.165) is 18.4 Å². The van der Waals surface area contributed by atoms with Crippen molar-refractivity contribution in [1.29, 1.82) is 0 Å². The molecule has 3 N–H and O–H groups in total. The lowest BCUT2D eigenvalue weighted by molar-refractivity contribution is -0.117. The van der Waals surface area contributed by atoms with Gasteiger partial charge in [-0.15, -0.1) is 10.6 Å². The molecule has 4 nitrogen and oxygen atoms in total. The number of amides is 1. The molecule has 1 saturated carbocycles. The number of benzene rings is 1. The van der Waals surface area contributed by atoms with Gasteiger partial charge in [-0.1, -0.05) is 25.3 Å². The van der Waals surface area contributed by atoms with Gasteiger partial charge in [-0.2, -0.15) is 0 Å². The molecule has 0 saturated heterocycles. The zero-order valence-electron chi connectivity index (χ0n) is 11.9. The molecule has 21 heavy (non-hydrogen) atoms. The highest BCUT2D eigenvalue weighted by Crippen LogP contribution is 2.56. The maximum absolute atomic E-state index is 12.1. The third kappa shape index (κ3) is 3.31. The number of nitrogens with one attached hydrogen (secondary N) is 1. The first-order valence-electron chi connectivity index (χ1n) is 7.45. The second-order valence-corrected chi connectivity index (χ2v) is 7.80.